The number of ether oxygens (including phenoxy) is 2. The van der Waals surface area contributed by atoms with E-state index >= 15 is 0 Å². The zero-order chi connectivity index (χ0) is 14.1. The van der Waals surface area contributed by atoms with Gasteiger partial charge in [-0.15, -0.1) is 0 Å². The van der Waals surface area contributed by atoms with Crippen molar-refractivity contribution in [1.82, 2.24) is 4.90 Å². The number of amides is 1. The van der Waals surface area contributed by atoms with Gasteiger partial charge in [-0.1, -0.05) is 12.1 Å². The van der Waals surface area contributed by atoms with Crippen LogP contribution in [0, 0.1) is 5.92 Å². The number of benzene rings is 1. The Morgan fingerprint density at radius 3 is 2.60 bits per heavy atom. The van der Waals surface area contributed by atoms with Crippen molar-refractivity contribution >= 4 is 5.91 Å². The number of methoxy groups -OCH3 is 1. The van der Waals surface area contributed by atoms with Crippen LogP contribution in [0.15, 0.2) is 24.3 Å². The van der Waals surface area contributed by atoms with Gasteiger partial charge in [-0.3, -0.25) is 4.79 Å². The lowest BCUT2D eigenvalue weighted by molar-refractivity contribution is -0.145. The fourth-order valence-corrected chi connectivity index (χ4v) is 2.65. The quantitative estimate of drug-likeness (QED) is 0.850. The Bertz CT molecular complexity index is 481. The average Bonchev–Trinajstić information content (AvgIpc) is 3.32. The van der Waals surface area contributed by atoms with E-state index in [1.54, 1.807) is 7.11 Å². The van der Waals surface area contributed by atoms with Crippen molar-refractivity contribution in [2.24, 2.45) is 5.92 Å². The third-order valence-corrected chi connectivity index (χ3v) is 4.13. The Balaban J connectivity index is 1.71. The van der Waals surface area contributed by atoms with Crippen LogP contribution in [0.4, 0.5) is 0 Å². The van der Waals surface area contributed by atoms with Crippen molar-refractivity contribution in [2.45, 2.75) is 31.9 Å². The van der Waals surface area contributed by atoms with Gasteiger partial charge >= 0.3 is 0 Å². The number of carbonyl (C=O) groups is 1. The molecule has 2 unspecified atom stereocenters. The van der Waals surface area contributed by atoms with Crippen LogP contribution in [-0.2, 0) is 9.53 Å². The first kappa shape index (κ1) is 13.4. The molecule has 0 spiro atoms. The lowest BCUT2D eigenvalue weighted by atomic mass is 10.1. The molecule has 1 aromatic rings. The van der Waals surface area contributed by atoms with Crippen LogP contribution in [0.1, 0.15) is 31.4 Å². The van der Waals surface area contributed by atoms with Gasteiger partial charge in [0.1, 0.15) is 11.9 Å². The van der Waals surface area contributed by atoms with Crippen molar-refractivity contribution in [3.05, 3.63) is 29.8 Å². The summed E-state index contributed by atoms with van der Waals surface area (Å²) in [5.41, 5.74) is 1.10. The lowest BCUT2D eigenvalue weighted by Gasteiger charge is -2.38. The summed E-state index contributed by atoms with van der Waals surface area (Å²) in [5.74, 6) is 1.41. The highest BCUT2D eigenvalue weighted by Crippen LogP contribution is 2.34. The predicted octanol–water partition coefficient (Wildman–Crippen LogP) is 2.39. The maximum atomic E-state index is 12.3. The molecule has 1 heterocycles. The number of rotatable bonds is 3. The van der Waals surface area contributed by atoms with Gasteiger partial charge in [0, 0.05) is 5.92 Å². The van der Waals surface area contributed by atoms with Crippen LogP contribution in [0.2, 0.25) is 0 Å². The molecule has 0 N–H and O–H groups in total. The molecule has 0 radical (unpaired) electrons. The molecule has 2 aliphatic rings. The van der Waals surface area contributed by atoms with Gasteiger partial charge in [-0.05, 0) is 37.5 Å². The van der Waals surface area contributed by atoms with Gasteiger partial charge in [0.2, 0.25) is 5.91 Å². The SMILES string of the molecule is COc1ccc(C2CN(C(=O)C3CC3)C(C)CO2)cc1. The molecule has 20 heavy (non-hydrogen) atoms. The van der Waals surface area contributed by atoms with Gasteiger partial charge in [0.15, 0.2) is 0 Å². The summed E-state index contributed by atoms with van der Waals surface area (Å²) < 4.78 is 11.1. The number of hydrogen-bond acceptors (Lipinski definition) is 3. The standard InChI is InChI=1S/C16H21NO3/c1-11-10-20-15(9-17(11)16(18)13-3-4-13)12-5-7-14(19-2)8-6-12/h5-8,11,13,15H,3-4,9-10H2,1-2H3. The molecule has 1 saturated heterocycles. The van der Waals surface area contributed by atoms with Crippen molar-refractivity contribution in [3.8, 4) is 5.75 Å². The van der Waals surface area contributed by atoms with Gasteiger partial charge in [0.25, 0.3) is 0 Å². The second-order valence-corrected chi connectivity index (χ2v) is 5.71. The molecule has 1 aromatic carbocycles. The summed E-state index contributed by atoms with van der Waals surface area (Å²) in [7, 11) is 1.66. The molecule has 108 valence electrons. The highest BCUT2D eigenvalue weighted by molar-refractivity contribution is 5.81. The van der Waals surface area contributed by atoms with Crippen molar-refractivity contribution < 1.29 is 14.3 Å². The first-order valence-corrected chi connectivity index (χ1v) is 7.25. The summed E-state index contributed by atoms with van der Waals surface area (Å²) in [6, 6.07) is 8.07. The topological polar surface area (TPSA) is 38.8 Å². The van der Waals surface area contributed by atoms with E-state index in [4.69, 9.17) is 9.47 Å². The molecule has 1 saturated carbocycles. The molecular formula is C16H21NO3. The lowest BCUT2D eigenvalue weighted by Crippen LogP contribution is -2.48. The third kappa shape index (κ3) is 2.66. The van der Waals surface area contributed by atoms with Crippen molar-refractivity contribution in [2.75, 3.05) is 20.3 Å². The summed E-state index contributed by atoms with van der Waals surface area (Å²) >= 11 is 0. The first-order chi connectivity index (χ1) is 9.69. The minimum atomic E-state index is -0.0280. The minimum Gasteiger partial charge on any atom is -0.497 e. The second-order valence-electron chi connectivity index (χ2n) is 5.71. The highest BCUT2D eigenvalue weighted by atomic mass is 16.5. The largest absolute Gasteiger partial charge is 0.497 e. The predicted molar refractivity (Wildman–Crippen MR) is 75.6 cm³/mol. The van der Waals surface area contributed by atoms with E-state index in [0.717, 1.165) is 24.2 Å². The van der Waals surface area contributed by atoms with Gasteiger partial charge in [0.05, 0.1) is 26.3 Å². The van der Waals surface area contributed by atoms with E-state index in [2.05, 4.69) is 6.92 Å². The molecule has 3 rings (SSSR count). The van der Waals surface area contributed by atoms with Crippen LogP contribution < -0.4 is 4.74 Å². The van der Waals surface area contributed by atoms with E-state index in [1.165, 1.54) is 0 Å². The minimum absolute atomic E-state index is 0.0280. The maximum Gasteiger partial charge on any atom is 0.226 e. The van der Waals surface area contributed by atoms with E-state index in [1.807, 2.05) is 29.2 Å². The number of nitrogens with zero attached hydrogens (tertiary/aromatic N) is 1. The molecule has 4 nitrogen and oxygen atoms in total. The molecule has 0 aromatic heterocycles. The molecular weight excluding hydrogens is 254 g/mol. The monoisotopic (exact) mass is 275 g/mol. The molecule has 4 heteroatoms. The van der Waals surface area contributed by atoms with Gasteiger partial charge in [-0.25, -0.2) is 0 Å². The summed E-state index contributed by atoms with van der Waals surface area (Å²) in [4.78, 5) is 14.3. The zero-order valence-corrected chi connectivity index (χ0v) is 12.0. The maximum absolute atomic E-state index is 12.3. The van der Waals surface area contributed by atoms with Gasteiger partial charge in [-0.2, -0.15) is 0 Å². The van der Waals surface area contributed by atoms with Gasteiger partial charge < -0.3 is 14.4 Å². The third-order valence-electron chi connectivity index (χ3n) is 4.13. The number of hydrogen-bond donors (Lipinski definition) is 0. The van der Waals surface area contributed by atoms with Crippen LogP contribution >= 0.6 is 0 Å². The van der Waals surface area contributed by atoms with E-state index in [-0.39, 0.29) is 18.1 Å². The number of morpholine rings is 1. The van der Waals surface area contributed by atoms with Crippen LogP contribution in [0.3, 0.4) is 0 Å². The highest BCUT2D eigenvalue weighted by Gasteiger charge is 2.38. The van der Waals surface area contributed by atoms with Crippen LogP contribution in [-0.4, -0.2) is 37.1 Å². The smallest absolute Gasteiger partial charge is 0.226 e. The molecule has 2 fully saturated rings. The molecule has 0 bridgehead atoms. The Morgan fingerprint density at radius 2 is 2.00 bits per heavy atom. The molecule has 1 amide bonds. The fraction of sp³-hybridized carbons (Fsp3) is 0.562. The van der Waals surface area contributed by atoms with E-state index in [9.17, 15) is 4.79 Å². The molecule has 1 aliphatic heterocycles. The van der Waals surface area contributed by atoms with Crippen LogP contribution in [0.25, 0.3) is 0 Å². The number of carbonyl (C=O) groups excluding carboxylic acids is 1. The van der Waals surface area contributed by atoms with Crippen molar-refractivity contribution in [1.29, 1.82) is 0 Å². The van der Waals surface area contributed by atoms with E-state index < -0.39 is 0 Å². The summed E-state index contributed by atoms with van der Waals surface area (Å²) in [5, 5.41) is 0. The summed E-state index contributed by atoms with van der Waals surface area (Å²) in [6.07, 6.45) is 2.08. The Morgan fingerprint density at radius 1 is 1.30 bits per heavy atom. The zero-order valence-electron chi connectivity index (χ0n) is 12.0. The second kappa shape index (κ2) is 5.44. The molecule has 1 aliphatic carbocycles. The summed E-state index contributed by atoms with van der Waals surface area (Å²) in [6.45, 7) is 3.32. The van der Waals surface area contributed by atoms with Crippen molar-refractivity contribution in [3.63, 3.8) is 0 Å². The molecule has 2 atom stereocenters. The average molecular weight is 275 g/mol. The first-order valence-electron chi connectivity index (χ1n) is 7.25. The van der Waals surface area contributed by atoms with Crippen LogP contribution in [0.5, 0.6) is 5.75 Å². The normalized spacial score (nSPS) is 26.4. The Hall–Kier alpha value is -1.55. The Kier molecular flexibility index (Phi) is 3.66. The Labute approximate surface area is 119 Å². The fourth-order valence-electron chi connectivity index (χ4n) is 2.65. The van der Waals surface area contributed by atoms with E-state index in [0.29, 0.717) is 19.1 Å².